The molecule has 0 aromatic heterocycles. The van der Waals surface area contributed by atoms with Crippen LogP contribution >= 0.6 is 0 Å². The van der Waals surface area contributed by atoms with E-state index >= 15 is 0 Å². The van der Waals surface area contributed by atoms with E-state index in [1.165, 1.54) is 0 Å². The highest BCUT2D eigenvalue weighted by molar-refractivity contribution is 5.83. The van der Waals surface area contributed by atoms with Crippen LogP contribution in [0.3, 0.4) is 0 Å². The zero-order chi connectivity index (χ0) is 13.8. The zero-order valence-electron chi connectivity index (χ0n) is 12.2. The molecule has 18 heavy (non-hydrogen) atoms. The zero-order valence-corrected chi connectivity index (χ0v) is 12.2. The largest absolute Gasteiger partial charge is 0.381 e. The topological polar surface area (TPSA) is 64.4 Å². The van der Waals surface area contributed by atoms with Crippen LogP contribution in [0.1, 0.15) is 40.5 Å². The summed E-state index contributed by atoms with van der Waals surface area (Å²) in [4.78, 5) is 12.3. The van der Waals surface area contributed by atoms with E-state index in [0.29, 0.717) is 32.2 Å². The molecule has 1 heterocycles. The maximum absolute atomic E-state index is 12.3. The van der Waals surface area contributed by atoms with E-state index in [1.54, 1.807) is 0 Å². The summed E-state index contributed by atoms with van der Waals surface area (Å²) in [6.45, 7) is 11.1. The van der Waals surface area contributed by atoms with Crippen LogP contribution in [0.5, 0.6) is 0 Å². The van der Waals surface area contributed by atoms with Gasteiger partial charge in [0.15, 0.2) is 0 Å². The average Bonchev–Trinajstić information content (AvgIpc) is 2.35. The lowest BCUT2D eigenvalue weighted by Gasteiger charge is -2.36. The van der Waals surface area contributed by atoms with Crippen molar-refractivity contribution in [1.29, 1.82) is 0 Å². The van der Waals surface area contributed by atoms with Crippen molar-refractivity contribution in [3.8, 4) is 0 Å². The van der Waals surface area contributed by atoms with E-state index in [9.17, 15) is 4.79 Å². The third kappa shape index (κ3) is 3.69. The lowest BCUT2D eigenvalue weighted by Crippen LogP contribution is -2.50. The molecule has 1 atom stereocenters. The Hall–Kier alpha value is -0.610. The Balaban J connectivity index is 2.53. The second-order valence-corrected chi connectivity index (χ2v) is 6.57. The van der Waals surface area contributed by atoms with Crippen molar-refractivity contribution < 1.29 is 9.53 Å². The Labute approximate surface area is 111 Å². The summed E-state index contributed by atoms with van der Waals surface area (Å²) in [6, 6.07) is 0. The second-order valence-electron chi connectivity index (χ2n) is 6.57. The van der Waals surface area contributed by atoms with Gasteiger partial charge in [0.05, 0.1) is 5.41 Å². The van der Waals surface area contributed by atoms with Crippen molar-refractivity contribution in [1.82, 2.24) is 5.32 Å². The van der Waals surface area contributed by atoms with Gasteiger partial charge < -0.3 is 15.8 Å². The van der Waals surface area contributed by atoms with Crippen molar-refractivity contribution >= 4 is 5.91 Å². The van der Waals surface area contributed by atoms with E-state index in [1.807, 2.05) is 0 Å². The first-order valence-corrected chi connectivity index (χ1v) is 6.88. The van der Waals surface area contributed by atoms with Gasteiger partial charge in [-0.1, -0.05) is 27.7 Å². The lowest BCUT2D eigenvalue weighted by molar-refractivity contribution is -0.136. The summed E-state index contributed by atoms with van der Waals surface area (Å²) in [5, 5.41) is 3.08. The molecule has 3 N–H and O–H groups in total. The standard InChI is InChI=1S/C14H28N2O2/c1-11(13(2,3)4)9-16-12(17)14(10-15)5-7-18-8-6-14/h11H,5-10,15H2,1-4H3,(H,16,17). The quantitative estimate of drug-likeness (QED) is 0.802. The molecule has 1 rings (SSSR count). The van der Waals surface area contributed by atoms with Crippen LogP contribution in [0.4, 0.5) is 0 Å². The Morgan fingerprint density at radius 2 is 1.94 bits per heavy atom. The van der Waals surface area contributed by atoms with Gasteiger partial charge in [-0.3, -0.25) is 4.79 Å². The highest BCUT2D eigenvalue weighted by atomic mass is 16.5. The molecule has 1 saturated heterocycles. The van der Waals surface area contributed by atoms with Gasteiger partial charge in [0, 0.05) is 26.3 Å². The summed E-state index contributed by atoms with van der Waals surface area (Å²) in [5.41, 5.74) is 5.62. The Kier molecular flexibility index (Phi) is 5.17. The normalized spacial score (nSPS) is 21.4. The van der Waals surface area contributed by atoms with Gasteiger partial charge in [-0.15, -0.1) is 0 Å². The molecule has 1 fully saturated rings. The number of ether oxygens (including phenoxy) is 1. The molecule has 1 aliphatic heterocycles. The lowest BCUT2D eigenvalue weighted by atomic mass is 9.78. The van der Waals surface area contributed by atoms with Crippen LogP contribution in [-0.4, -0.2) is 32.2 Å². The van der Waals surface area contributed by atoms with Crippen LogP contribution in [0, 0.1) is 16.7 Å². The molecular weight excluding hydrogens is 228 g/mol. The molecule has 1 unspecified atom stereocenters. The van der Waals surface area contributed by atoms with Gasteiger partial charge >= 0.3 is 0 Å². The molecule has 0 radical (unpaired) electrons. The molecule has 0 aliphatic carbocycles. The third-order valence-corrected chi connectivity index (χ3v) is 4.37. The first-order chi connectivity index (χ1) is 8.32. The molecule has 4 heteroatoms. The average molecular weight is 256 g/mol. The third-order valence-electron chi connectivity index (χ3n) is 4.37. The highest BCUT2D eigenvalue weighted by Gasteiger charge is 2.38. The highest BCUT2D eigenvalue weighted by Crippen LogP contribution is 2.30. The molecule has 1 amide bonds. The molecule has 4 nitrogen and oxygen atoms in total. The number of nitrogens with one attached hydrogen (secondary N) is 1. The van der Waals surface area contributed by atoms with E-state index in [2.05, 4.69) is 33.0 Å². The maximum Gasteiger partial charge on any atom is 0.227 e. The predicted octanol–water partition coefficient (Wildman–Crippen LogP) is 1.54. The summed E-state index contributed by atoms with van der Waals surface area (Å²) < 4.78 is 5.32. The molecule has 0 saturated carbocycles. The number of carbonyl (C=O) groups is 1. The number of amides is 1. The summed E-state index contributed by atoms with van der Waals surface area (Å²) in [5.74, 6) is 0.542. The fraction of sp³-hybridized carbons (Fsp3) is 0.929. The van der Waals surface area contributed by atoms with Crippen molar-refractivity contribution in [2.75, 3.05) is 26.3 Å². The molecule has 0 aromatic rings. The van der Waals surface area contributed by atoms with Gasteiger partial charge in [-0.05, 0) is 24.2 Å². The smallest absolute Gasteiger partial charge is 0.227 e. The predicted molar refractivity (Wildman–Crippen MR) is 73.2 cm³/mol. The van der Waals surface area contributed by atoms with Crippen LogP contribution in [0.25, 0.3) is 0 Å². The number of hydrogen-bond donors (Lipinski definition) is 2. The molecule has 1 aliphatic rings. The molecular formula is C14H28N2O2. The van der Waals surface area contributed by atoms with Gasteiger partial charge in [0.2, 0.25) is 5.91 Å². The summed E-state index contributed by atoms with van der Waals surface area (Å²) in [7, 11) is 0. The molecule has 0 bridgehead atoms. The fourth-order valence-corrected chi connectivity index (χ4v) is 2.03. The minimum atomic E-state index is -0.407. The Bertz CT molecular complexity index is 278. The summed E-state index contributed by atoms with van der Waals surface area (Å²) in [6.07, 6.45) is 1.47. The van der Waals surface area contributed by atoms with Crippen LogP contribution in [0.15, 0.2) is 0 Å². The molecule has 0 spiro atoms. The van der Waals surface area contributed by atoms with Crippen molar-refractivity contribution in [2.24, 2.45) is 22.5 Å². The SMILES string of the molecule is CC(CNC(=O)C1(CN)CCOCC1)C(C)(C)C. The van der Waals surface area contributed by atoms with E-state index in [-0.39, 0.29) is 11.3 Å². The monoisotopic (exact) mass is 256 g/mol. The first-order valence-electron chi connectivity index (χ1n) is 6.88. The number of hydrogen-bond acceptors (Lipinski definition) is 3. The minimum absolute atomic E-state index is 0.101. The van der Waals surface area contributed by atoms with Gasteiger partial charge in [-0.25, -0.2) is 0 Å². The first kappa shape index (κ1) is 15.4. The van der Waals surface area contributed by atoms with E-state index in [4.69, 9.17) is 10.5 Å². The number of carbonyl (C=O) groups excluding carboxylic acids is 1. The molecule has 0 aromatic carbocycles. The van der Waals surface area contributed by atoms with Crippen LogP contribution < -0.4 is 11.1 Å². The van der Waals surface area contributed by atoms with Gasteiger partial charge in [0.1, 0.15) is 0 Å². The Morgan fingerprint density at radius 1 is 1.39 bits per heavy atom. The number of nitrogens with two attached hydrogens (primary N) is 1. The van der Waals surface area contributed by atoms with E-state index < -0.39 is 5.41 Å². The maximum atomic E-state index is 12.3. The minimum Gasteiger partial charge on any atom is -0.381 e. The van der Waals surface area contributed by atoms with Crippen molar-refractivity contribution in [2.45, 2.75) is 40.5 Å². The summed E-state index contributed by atoms with van der Waals surface area (Å²) >= 11 is 0. The van der Waals surface area contributed by atoms with Crippen LogP contribution in [-0.2, 0) is 9.53 Å². The Morgan fingerprint density at radius 3 is 2.39 bits per heavy atom. The van der Waals surface area contributed by atoms with E-state index in [0.717, 1.165) is 12.8 Å². The fourth-order valence-electron chi connectivity index (χ4n) is 2.03. The van der Waals surface area contributed by atoms with Crippen molar-refractivity contribution in [3.63, 3.8) is 0 Å². The second kappa shape index (κ2) is 6.02. The van der Waals surface area contributed by atoms with Gasteiger partial charge in [0.25, 0.3) is 0 Å². The van der Waals surface area contributed by atoms with Gasteiger partial charge in [-0.2, -0.15) is 0 Å². The number of rotatable bonds is 4. The molecule has 106 valence electrons. The van der Waals surface area contributed by atoms with Crippen molar-refractivity contribution in [3.05, 3.63) is 0 Å². The van der Waals surface area contributed by atoms with Crippen LogP contribution in [0.2, 0.25) is 0 Å².